The van der Waals surface area contributed by atoms with Crippen LogP contribution in [0.5, 0.6) is 0 Å². The quantitative estimate of drug-likeness (QED) is 0.354. The Labute approximate surface area is 148 Å². The lowest BCUT2D eigenvalue weighted by Gasteiger charge is -2.18. The lowest BCUT2D eigenvalue weighted by atomic mass is 9.87. The molecule has 1 aromatic heterocycles. The van der Waals surface area contributed by atoms with Gasteiger partial charge in [0.25, 0.3) is 5.91 Å². The fourth-order valence-electron chi connectivity index (χ4n) is 2.55. The number of aromatic nitrogens is 2. The number of hydrazine groups is 1. The third kappa shape index (κ3) is 3.07. The molecule has 0 unspecified atom stereocenters. The number of hydrogen-bond acceptors (Lipinski definition) is 3. The first-order valence-electron chi connectivity index (χ1n) is 7.61. The zero-order valence-corrected chi connectivity index (χ0v) is 15.4. The van der Waals surface area contributed by atoms with E-state index in [9.17, 15) is 4.79 Å². The third-order valence-electron chi connectivity index (χ3n) is 3.96. The zero-order valence-electron chi connectivity index (χ0n) is 13.8. The van der Waals surface area contributed by atoms with Gasteiger partial charge in [0.2, 0.25) is 0 Å². The van der Waals surface area contributed by atoms with Crippen LogP contribution in [0.25, 0.3) is 22.4 Å². The highest BCUT2D eigenvalue weighted by atomic mass is 79.9. The summed E-state index contributed by atoms with van der Waals surface area (Å²) >= 11 is 3.47. The van der Waals surface area contributed by atoms with Crippen molar-refractivity contribution in [2.75, 3.05) is 0 Å². The van der Waals surface area contributed by atoms with Crippen LogP contribution in [0.3, 0.4) is 0 Å². The summed E-state index contributed by atoms with van der Waals surface area (Å²) in [6.07, 6.45) is 0. The Kier molecular flexibility index (Phi) is 4.19. The predicted octanol–water partition coefficient (Wildman–Crippen LogP) is 3.89. The van der Waals surface area contributed by atoms with E-state index in [4.69, 9.17) is 5.84 Å². The molecule has 24 heavy (non-hydrogen) atoms. The maximum atomic E-state index is 11.7. The molecule has 1 amide bonds. The minimum Gasteiger partial charge on any atom is -0.338 e. The number of halogens is 1. The van der Waals surface area contributed by atoms with Crippen LogP contribution >= 0.6 is 15.9 Å². The Morgan fingerprint density at radius 1 is 1.21 bits per heavy atom. The van der Waals surface area contributed by atoms with E-state index >= 15 is 0 Å². The van der Waals surface area contributed by atoms with Gasteiger partial charge in [-0.15, -0.1) is 0 Å². The summed E-state index contributed by atoms with van der Waals surface area (Å²) in [7, 11) is 0. The monoisotopic (exact) mass is 386 g/mol. The van der Waals surface area contributed by atoms with E-state index in [0.717, 1.165) is 26.9 Å². The van der Waals surface area contributed by atoms with Crippen LogP contribution in [0.15, 0.2) is 40.9 Å². The molecule has 0 fully saturated rings. The number of aromatic amines is 1. The van der Waals surface area contributed by atoms with Crippen LogP contribution in [0, 0.1) is 0 Å². The number of rotatable bonds is 2. The number of nitrogens with two attached hydrogens (primary N) is 1. The highest BCUT2D eigenvalue weighted by molar-refractivity contribution is 9.10. The SMILES string of the molecule is CC(C)(C)c1ccc(-c2nc3c(Br)cc(C(=O)NN)cc3[nH]2)cc1. The molecule has 0 aliphatic carbocycles. The van der Waals surface area contributed by atoms with Crippen LogP contribution in [-0.4, -0.2) is 15.9 Å². The van der Waals surface area contributed by atoms with Crippen LogP contribution < -0.4 is 11.3 Å². The molecule has 0 spiro atoms. The Morgan fingerprint density at radius 2 is 1.88 bits per heavy atom. The highest BCUT2D eigenvalue weighted by Crippen LogP contribution is 2.29. The molecule has 0 aliphatic rings. The number of nitrogens with zero attached hydrogens (tertiary/aromatic N) is 1. The average Bonchev–Trinajstić information content (AvgIpc) is 2.98. The predicted molar refractivity (Wildman–Crippen MR) is 99.6 cm³/mol. The van der Waals surface area contributed by atoms with Crippen molar-refractivity contribution in [1.29, 1.82) is 0 Å². The first-order chi connectivity index (χ1) is 11.3. The molecule has 4 N–H and O–H groups in total. The molecule has 5 nitrogen and oxygen atoms in total. The van der Waals surface area contributed by atoms with Gasteiger partial charge in [0.1, 0.15) is 11.3 Å². The first-order valence-corrected chi connectivity index (χ1v) is 8.40. The fourth-order valence-corrected chi connectivity index (χ4v) is 3.10. The molecule has 0 bridgehead atoms. The molecule has 3 aromatic rings. The number of nitrogens with one attached hydrogen (secondary N) is 2. The Balaban J connectivity index is 2.05. The summed E-state index contributed by atoms with van der Waals surface area (Å²) in [5.41, 5.74) is 6.53. The third-order valence-corrected chi connectivity index (χ3v) is 4.56. The number of imidazole rings is 1. The molecule has 0 radical (unpaired) electrons. The number of carbonyl (C=O) groups is 1. The molecule has 0 atom stereocenters. The lowest BCUT2D eigenvalue weighted by molar-refractivity contribution is 0.0953. The molecule has 6 heteroatoms. The van der Waals surface area contributed by atoms with E-state index in [0.29, 0.717) is 5.56 Å². The fraction of sp³-hybridized carbons (Fsp3) is 0.222. The zero-order chi connectivity index (χ0) is 17.5. The van der Waals surface area contributed by atoms with E-state index in [-0.39, 0.29) is 11.3 Å². The van der Waals surface area contributed by atoms with Crippen molar-refractivity contribution in [2.24, 2.45) is 5.84 Å². The molecule has 124 valence electrons. The van der Waals surface area contributed by atoms with Gasteiger partial charge in [-0.05, 0) is 39.0 Å². The van der Waals surface area contributed by atoms with E-state index in [1.807, 2.05) is 0 Å². The van der Waals surface area contributed by atoms with Crippen LogP contribution in [0.1, 0.15) is 36.7 Å². The Hall–Kier alpha value is -2.18. The van der Waals surface area contributed by atoms with Gasteiger partial charge < -0.3 is 4.98 Å². The van der Waals surface area contributed by atoms with Crippen LogP contribution in [0.4, 0.5) is 0 Å². The van der Waals surface area contributed by atoms with Gasteiger partial charge in [-0.1, -0.05) is 45.0 Å². The number of H-pyrrole nitrogens is 1. The smallest absolute Gasteiger partial charge is 0.265 e. The molecule has 0 aliphatic heterocycles. The second kappa shape index (κ2) is 6.03. The number of hydrogen-bond donors (Lipinski definition) is 3. The maximum Gasteiger partial charge on any atom is 0.265 e. The standard InChI is InChI=1S/C18H19BrN4O/c1-18(2,3)12-6-4-10(5-7-12)16-21-14-9-11(17(24)23-20)8-13(19)15(14)22-16/h4-9H,20H2,1-3H3,(H,21,22)(H,23,24). The van der Waals surface area contributed by atoms with Gasteiger partial charge >= 0.3 is 0 Å². The van der Waals surface area contributed by atoms with Gasteiger partial charge in [0.15, 0.2) is 0 Å². The van der Waals surface area contributed by atoms with Crippen LogP contribution in [0.2, 0.25) is 0 Å². The topological polar surface area (TPSA) is 83.8 Å². The van der Waals surface area contributed by atoms with Gasteiger partial charge in [-0.2, -0.15) is 0 Å². The average molecular weight is 387 g/mol. The lowest BCUT2D eigenvalue weighted by Crippen LogP contribution is -2.29. The minimum absolute atomic E-state index is 0.111. The Bertz CT molecular complexity index is 907. The number of nitrogen functional groups attached to an aromatic ring is 1. The van der Waals surface area contributed by atoms with Crippen molar-refractivity contribution in [1.82, 2.24) is 15.4 Å². The maximum absolute atomic E-state index is 11.7. The molecule has 2 aromatic carbocycles. The van der Waals surface area contributed by atoms with Crippen molar-refractivity contribution in [3.63, 3.8) is 0 Å². The number of fused-ring (bicyclic) bond motifs is 1. The summed E-state index contributed by atoms with van der Waals surface area (Å²) in [5.74, 6) is 5.62. The second-order valence-electron chi connectivity index (χ2n) is 6.74. The number of benzene rings is 2. The first kappa shape index (κ1) is 16.7. The summed E-state index contributed by atoms with van der Waals surface area (Å²) in [6, 6.07) is 11.8. The number of carbonyl (C=O) groups excluding carboxylic acids is 1. The highest BCUT2D eigenvalue weighted by Gasteiger charge is 2.15. The Morgan fingerprint density at radius 3 is 2.46 bits per heavy atom. The van der Waals surface area contributed by atoms with Gasteiger partial charge in [0, 0.05) is 15.6 Å². The van der Waals surface area contributed by atoms with Crippen molar-refractivity contribution >= 4 is 32.9 Å². The summed E-state index contributed by atoms with van der Waals surface area (Å²) in [4.78, 5) is 19.6. The molecule has 1 heterocycles. The second-order valence-corrected chi connectivity index (χ2v) is 7.59. The van der Waals surface area contributed by atoms with Gasteiger partial charge in [0.05, 0.1) is 5.52 Å². The minimum atomic E-state index is -0.344. The molecule has 0 saturated carbocycles. The van der Waals surface area contributed by atoms with Gasteiger partial charge in [-0.3, -0.25) is 10.2 Å². The number of amides is 1. The van der Waals surface area contributed by atoms with Gasteiger partial charge in [-0.25, -0.2) is 10.8 Å². The van der Waals surface area contributed by atoms with E-state index in [1.54, 1.807) is 12.1 Å². The summed E-state index contributed by atoms with van der Waals surface area (Å²) < 4.78 is 0.743. The molecule has 0 saturated heterocycles. The van der Waals surface area contributed by atoms with Crippen molar-refractivity contribution in [3.8, 4) is 11.4 Å². The van der Waals surface area contributed by atoms with Crippen molar-refractivity contribution < 1.29 is 4.79 Å². The van der Waals surface area contributed by atoms with E-state index in [2.05, 4.69) is 76.4 Å². The molecular formula is C18H19BrN4O. The molecular weight excluding hydrogens is 368 g/mol. The summed E-state index contributed by atoms with van der Waals surface area (Å²) in [6.45, 7) is 6.55. The summed E-state index contributed by atoms with van der Waals surface area (Å²) in [5, 5.41) is 0. The van der Waals surface area contributed by atoms with Crippen LogP contribution in [-0.2, 0) is 5.41 Å². The van der Waals surface area contributed by atoms with Crippen molar-refractivity contribution in [3.05, 3.63) is 52.0 Å². The van der Waals surface area contributed by atoms with Crippen molar-refractivity contribution in [2.45, 2.75) is 26.2 Å². The normalized spacial score (nSPS) is 11.7. The molecule has 3 rings (SSSR count). The van der Waals surface area contributed by atoms with E-state index in [1.165, 1.54) is 5.56 Å². The van der Waals surface area contributed by atoms with E-state index < -0.39 is 0 Å². The largest absolute Gasteiger partial charge is 0.338 e.